The monoisotopic (exact) mass is 290 g/mol. The van der Waals surface area contributed by atoms with Crippen LogP contribution in [-0.4, -0.2) is 15.8 Å². The molecule has 0 bridgehead atoms. The first-order valence-corrected chi connectivity index (χ1v) is 3.64. The number of halogens is 7. The van der Waals surface area contributed by atoms with E-state index in [1.54, 1.807) is 31.9 Å². The third kappa shape index (κ3) is 3.14. The predicted molar refractivity (Wildman–Crippen MR) is 32.6 cm³/mol. The summed E-state index contributed by atoms with van der Waals surface area (Å²) in [5, 5.41) is 0. The maximum atomic E-state index is 11.8. The van der Waals surface area contributed by atoms with Crippen LogP contribution in [0.4, 0.5) is 22.0 Å². The molecule has 0 amide bonds. The average molecular weight is 292 g/mol. The molecular weight excluding hydrogens is 291 g/mol. The van der Waals surface area contributed by atoms with Crippen LogP contribution < -0.4 is 0 Å². The molecular formula is C3HBr2F5. The zero-order valence-electron chi connectivity index (χ0n) is 4.22. The maximum Gasteiger partial charge on any atom is 0.407 e. The quantitative estimate of drug-likeness (QED) is 0.514. The van der Waals surface area contributed by atoms with Crippen molar-refractivity contribution in [1.82, 2.24) is 0 Å². The number of rotatable bonds is 1. The molecule has 0 spiro atoms. The van der Waals surface area contributed by atoms with Gasteiger partial charge in [-0.15, -0.1) is 0 Å². The molecule has 0 aliphatic carbocycles. The van der Waals surface area contributed by atoms with E-state index >= 15 is 0 Å². The normalized spacial score (nSPS) is 17.1. The van der Waals surface area contributed by atoms with Gasteiger partial charge in [0.25, 0.3) is 0 Å². The molecule has 0 aromatic heterocycles. The van der Waals surface area contributed by atoms with Crippen molar-refractivity contribution in [3.63, 3.8) is 0 Å². The Balaban J connectivity index is 4.23. The van der Waals surface area contributed by atoms with Gasteiger partial charge in [-0.3, -0.25) is 0 Å². The predicted octanol–water partition coefficient (Wildman–Crippen LogP) is 3.30. The van der Waals surface area contributed by atoms with E-state index in [1.165, 1.54) is 0 Å². The van der Waals surface area contributed by atoms with E-state index < -0.39 is 15.8 Å². The van der Waals surface area contributed by atoms with Gasteiger partial charge in [0, 0.05) is 0 Å². The lowest BCUT2D eigenvalue weighted by Gasteiger charge is -2.18. The Bertz CT molecular complexity index is 99.0. The third-order valence-corrected chi connectivity index (χ3v) is 2.74. The van der Waals surface area contributed by atoms with Gasteiger partial charge in [-0.05, 0) is 15.9 Å². The second-order valence-corrected chi connectivity index (χ2v) is 3.42. The molecule has 0 saturated heterocycles. The molecule has 0 aliphatic heterocycles. The summed E-state index contributed by atoms with van der Waals surface area (Å²) in [6.07, 6.45) is -4.94. The van der Waals surface area contributed by atoms with Crippen LogP contribution in [0.25, 0.3) is 0 Å². The van der Waals surface area contributed by atoms with Crippen LogP contribution in [0, 0.1) is 0 Å². The molecule has 0 N–H and O–H groups in total. The van der Waals surface area contributed by atoms with E-state index in [0.29, 0.717) is 0 Å². The fourth-order valence-corrected chi connectivity index (χ4v) is 0.445. The molecule has 62 valence electrons. The largest absolute Gasteiger partial charge is 0.407 e. The Kier molecular flexibility index (Phi) is 3.10. The van der Waals surface area contributed by atoms with E-state index in [4.69, 9.17) is 0 Å². The summed E-state index contributed by atoms with van der Waals surface area (Å²) in [5.74, 6) is 0. The van der Waals surface area contributed by atoms with E-state index in [-0.39, 0.29) is 0 Å². The van der Waals surface area contributed by atoms with Gasteiger partial charge in [0.05, 0.1) is 0 Å². The molecule has 10 heavy (non-hydrogen) atoms. The fourth-order valence-electron chi connectivity index (χ4n) is 0.186. The minimum Gasteiger partial charge on any atom is -0.192 e. The molecule has 0 rings (SSSR count). The van der Waals surface area contributed by atoms with Gasteiger partial charge in [0.15, 0.2) is 4.83 Å². The zero-order valence-corrected chi connectivity index (χ0v) is 7.40. The first-order valence-electron chi connectivity index (χ1n) is 1.93. The van der Waals surface area contributed by atoms with Crippen molar-refractivity contribution in [3.8, 4) is 0 Å². The van der Waals surface area contributed by atoms with Gasteiger partial charge in [0.1, 0.15) is 0 Å². The molecule has 1 atom stereocenters. The summed E-state index contributed by atoms with van der Waals surface area (Å²) in [5.41, 5.74) is 0. The third-order valence-electron chi connectivity index (χ3n) is 0.575. The topological polar surface area (TPSA) is 0 Å². The Morgan fingerprint density at radius 1 is 1.00 bits per heavy atom. The standard InChI is InChI=1S/C3HBr2F5/c4-1(2(5,6)7)3(8,9)10/h1H/t1-/m1/s1. The van der Waals surface area contributed by atoms with Crippen LogP contribution in [-0.2, 0) is 0 Å². The second kappa shape index (κ2) is 2.92. The molecule has 0 fully saturated rings. The van der Waals surface area contributed by atoms with Crippen molar-refractivity contribution in [2.24, 2.45) is 0 Å². The lowest BCUT2D eigenvalue weighted by Crippen LogP contribution is -2.35. The van der Waals surface area contributed by atoms with Crippen molar-refractivity contribution in [2.75, 3.05) is 0 Å². The van der Waals surface area contributed by atoms with Gasteiger partial charge >= 0.3 is 11.0 Å². The Morgan fingerprint density at radius 2 is 1.30 bits per heavy atom. The minimum absolute atomic E-state index is 1.58. The summed E-state index contributed by atoms with van der Waals surface area (Å²) >= 11 is 3.38. The van der Waals surface area contributed by atoms with Crippen LogP contribution in [0.15, 0.2) is 0 Å². The van der Waals surface area contributed by atoms with E-state index in [0.717, 1.165) is 0 Å². The van der Waals surface area contributed by atoms with Crippen LogP contribution in [0.1, 0.15) is 0 Å². The zero-order chi connectivity index (χ0) is 8.58. The molecule has 0 nitrogen and oxygen atoms in total. The van der Waals surface area contributed by atoms with Crippen molar-refractivity contribution in [2.45, 2.75) is 15.8 Å². The highest BCUT2D eigenvalue weighted by Crippen LogP contribution is 2.41. The second-order valence-electron chi connectivity index (χ2n) is 1.45. The fraction of sp³-hybridized carbons (Fsp3) is 1.00. The summed E-state index contributed by atoms with van der Waals surface area (Å²) in [7, 11) is 0. The highest BCUT2D eigenvalue weighted by molar-refractivity contribution is 9.12. The molecule has 0 aromatic rings. The van der Waals surface area contributed by atoms with Crippen LogP contribution >= 0.6 is 31.9 Å². The van der Waals surface area contributed by atoms with Crippen molar-refractivity contribution >= 4 is 31.9 Å². The SMILES string of the molecule is FC(F)(F)[C@H](Br)C(F)(F)Br. The summed E-state index contributed by atoms with van der Waals surface area (Å²) in [6, 6.07) is 0. The van der Waals surface area contributed by atoms with Gasteiger partial charge in [-0.1, -0.05) is 15.9 Å². The summed E-state index contributed by atoms with van der Waals surface area (Å²) in [6.45, 7) is 0. The van der Waals surface area contributed by atoms with Crippen LogP contribution in [0.5, 0.6) is 0 Å². The van der Waals surface area contributed by atoms with Crippen molar-refractivity contribution in [3.05, 3.63) is 0 Å². The van der Waals surface area contributed by atoms with Gasteiger partial charge in [-0.25, -0.2) is 0 Å². The molecule has 7 heteroatoms. The average Bonchev–Trinajstić information content (AvgIpc) is 1.59. The molecule has 0 radical (unpaired) electrons. The first-order chi connectivity index (χ1) is 4.15. The summed E-state index contributed by atoms with van der Waals surface area (Å²) in [4.78, 5) is -6.79. The molecule has 0 unspecified atom stereocenters. The van der Waals surface area contributed by atoms with E-state index in [1.807, 2.05) is 0 Å². The van der Waals surface area contributed by atoms with Crippen molar-refractivity contribution in [1.29, 1.82) is 0 Å². The van der Waals surface area contributed by atoms with Crippen LogP contribution in [0.2, 0.25) is 0 Å². The van der Waals surface area contributed by atoms with Gasteiger partial charge in [0.2, 0.25) is 0 Å². The van der Waals surface area contributed by atoms with Crippen LogP contribution in [0.3, 0.4) is 0 Å². The molecule has 0 aliphatic rings. The van der Waals surface area contributed by atoms with Crippen molar-refractivity contribution < 1.29 is 22.0 Å². The smallest absolute Gasteiger partial charge is 0.192 e. The van der Waals surface area contributed by atoms with Gasteiger partial charge in [-0.2, -0.15) is 22.0 Å². The highest BCUT2D eigenvalue weighted by atomic mass is 79.9. The molecule has 0 aromatic carbocycles. The van der Waals surface area contributed by atoms with E-state index in [2.05, 4.69) is 0 Å². The first kappa shape index (κ1) is 10.6. The number of alkyl halides is 7. The minimum atomic E-state index is -4.94. The van der Waals surface area contributed by atoms with E-state index in [9.17, 15) is 22.0 Å². The Labute approximate surface area is 70.0 Å². The number of hydrogen-bond acceptors (Lipinski definition) is 0. The lowest BCUT2D eigenvalue weighted by atomic mass is 10.4. The Hall–Kier alpha value is 0.610. The lowest BCUT2D eigenvalue weighted by molar-refractivity contribution is -0.154. The Morgan fingerprint density at radius 3 is 1.30 bits per heavy atom. The molecule has 0 saturated carbocycles. The molecule has 0 heterocycles. The number of hydrogen-bond donors (Lipinski definition) is 0. The van der Waals surface area contributed by atoms with Gasteiger partial charge < -0.3 is 0 Å². The highest BCUT2D eigenvalue weighted by Gasteiger charge is 2.52. The maximum absolute atomic E-state index is 11.8. The summed E-state index contributed by atoms with van der Waals surface area (Å²) < 4.78 is 57.7.